The third kappa shape index (κ3) is 1.18. The summed E-state index contributed by atoms with van der Waals surface area (Å²) in [6.07, 6.45) is 1.78. The molecule has 1 N–H and O–H groups in total. The third-order valence-electron chi connectivity index (χ3n) is 1.73. The molecule has 1 rings (SSSR count). The summed E-state index contributed by atoms with van der Waals surface area (Å²) in [5.41, 5.74) is 1.77. The second-order valence-electron chi connectivity index (χ2n) is 2.34. The van der Waals surface area contributed by atoms with Crippen molar-refractivity contribution < 1.29 is 5.21 Å². The van der Waals surface area contributed by atoms with E-state index in [2.05, 4.69) is 0 Å². The average Bonchev–Trinajstić information content (AvgIpc) is 1.93. The zero-order valence-electron chi connectivity index (χ0n) is 6.06. The van der Waals surface area contributed by atoms with Crippen LogP contribution < -0.4 is 0 Å². The molecule has 0 aromatic rings. The molecule has 0 amide bonds. The van der Waals surface area contributed by atoms with E-state index in [0.717, 1.165) is 16.3 Å². The lowest BCUT2D eigenvalue weighted by molar-refractivity contribution is -0.0462. The molecule has 1 aliphatic rings. The Labute approximate surface area is 65.4 Å². The number of nitrogens with zero attached hydrogens (tertiary/aromatic N) is 1. The first-order valence-electron chi connectivity index (χ1n) is 3.13. The van der Waals surface area contributed by atoms with E-state index >= 15 is 0 Å². The molecule has 0 aromatic heterocycles. The van der Waals surface area contributed by atoms with Crippen molar-refractivity contribution in [3.8, 4) is 0 Å². The summed E-state index contributed by atoms with van der Waals surface area (Å²) in [7, 11) is 0. The minimum Gasteiger partial charge on any atom is -0.288 e. The van der Waals surface area contributed by atoms with Gasteiger partial charge in [-0.25, -0.2) is 0 Å². The summed E-state index contributed by atoms with van der Waals surface area (Å²) < 4.78 is 0. The molecule has 0 aliphatic carbocycles. The van der Waals surface area contributed by atoms with E-state index in [1.165, 1.54) is 5.06 Å². The average molecular weight is 160 g/mol. The van der Waals surface area contributed by atoms with Gasteiger partial charge in [0, 0.05) is 10.7 Å². The van der Waals surface area contributed by atoms with Gasteiger partial charge in [-0.3, -0.25) is 10.3 Å². The predicted molar refractivity (Wildman–Crippen MR) is 40.8 cm³/mol. The Morgan fingerprint density at radius 1 is 1.60 bits per heavy atom. The standard InChI is InChI=1S/C7H10ClNO/c1-5-6(2)9(10)4-3-7(5)8/h3,10H,4H2,1-2H3. The molecule has 0 radical (unpaired) electrons. The lowest BCUT2D eigenvalue weighted by Gasteiger charge is -2.22. The maximum Gasteiger partial charge on any atom is 0.0648 e. The Hall–Kier alpha value is -0.470. The molecule has 0 aromatic carbocycles. The monoisotopic (exact) mass is 159 g/mol. The fourth-order valence-corrected chi connectivity index (χ4v) is 1.03. The highest BCUT2D eigenvalue weighted by Gasteiger charge is 2.11. The fraction of sp³-hybridized carbons (Fsp3) is 0.429. The smallest absolute Gasteiger partial charge is 0.0648 e. The van der Waals surface area contributed by atoms with Crippen molar-refractivity contribution in [2.45, 2.75) is 13.8 Å². The topological polar surface area (TPSA) is 23.5 Å². The zero-order valence-corrected chi connectivity index (χ0v) is 6.81. The van der Waals surface area contributed by atoms with Crippen molar-refractivity contribution in [3.63, 3.8) is 0 Å². The van der Waals surface area contributed by atoms with Crippen LogP contribution in [0.2, 0.25) is 0 Å². The Morgan fingerprint density at radius 2 is 2.20 bits per heavy atom. The van der Waals surface area contributed by atoms with Gasteiger partial charge in [0.2, 0.25) is 0 Å². The van der Waals surface area contributed by atoms with Gasteiger partial charge < -0.3 is 0 Å². The molecule has 0 unspecified atom stereocenters. The van der Waals surface area contributed by atoms with Crippen LogP contribution in [0.25, 0.3) is 0 Å². The number of rotatable bonds is 0. The van der Waals surface area contributed by atoms with Gasteiger partial charge >= 0.3 is 0 Å². The molecule has 2 nitrogen and oxygen atoms in total. The van der Waals surface area contributed by atoms with Gasteiger partial charge in [0.05, 0.1) is 6.54 Å². The molecule has 0 spiro atoms. The number of hydrogen-bond donors (Lipinski definition) is 1. The zero-order chi connectivity index (χ0) is 7.72. The maximum absolute atomic E-state index is 9.14. The van der Waals surface area contributed by atoms with E-state index in [9.17, 15) is 0 Å². The molecular weight excluding hydrogens is 150 g/mol. The third-order valence-corrected chi connectivity index (χ3v) is 2.17. The van der Waals surface area contributed by atoms with Crippen LogP contribution >= 0.6 is 11.6 Å². The molecule has 10 heavy (non-hydrogen) atoms. The first kappa shape index (κ1) is 7.63. The lowest BCUT2D eigenvalue weighted by atomic mass is 10.2. The molecule has 3 heteroatoms. The van der Waals surface area contributed by atoms with Crippen LogP contribution in [0.15, 0.2) is 22.4 Å². The summed E-state index contributed by atoms with van der Waals surface area (Å²) >= 11 is 5.79. The SMILES string of the molecule is CC1=C(C)N(O)CC=C1Cl. The molecule has 0 atom stereocenters. The molecular formula is C7H10ClNO. The predicted octanol–water partition coefficient (Wildman–Crippen LogP) is 2.11. The van der Waals surface area contributed by atoms with Crippen molar-refractivity contribution in [1.29, 1.82) is 0 Å². The van der Waals surface area contributed by atoms with Crippen LogP contribution in [0.5, 0.6) is 0 Å². The number of allylic oxidation sites excluding steroid dienone is 3. The highest BCUT2D eigenvalue weighted by Crippen LogP contribution is 2.23. The largest absolute Gasteiger partial charge is 0.288 e. The molecule has 0 fully saturated rings. The van der Waals surface area contributed by atoms with E-state index in [0.29, 0.717) is 6.54 Å². The van der Waals surface area contributed by atoms with Crippen LogP contribution in [-0.4, -0.2) is 16.8 Å². The first-order valence-corrected chi connectivity index (χ1v) is 3.50. The van der Waals surface area contributed by atoms with E-state index < -0.39 is 0 Å². The Balaban J connectivity index is 2.94. The van der Waals surface area contributed by atoms with Gasteiger partial charge in [-0.15, -0.1) is 0 Å². The van der Waals surface area contributed by atoms with Crippen LogP contribution in [-0.2, 0) is 0 Å². The van der Waals surface area contributed by atoms with Crippen molar-refractivity contribution in [2.75, 3.05) is 6.54 Å². The van der Waals surface area contributed by atoms with Crippen LogP contribution in [0.3, 0.4) is 0 Å². The Bertz CT molecular complexity index is 208. The number of hydroxylamine groups is 2. The van der Waals surface area contributed by atoms with Crippen molar-refractivity contribution in [1.82, 2.24) is 5.06 Å². The normalized spacial score (nSPS) is 19.6. The maximum atomic E-state index is 9.14. The minimum atomic E-state index is 0.488. The quantitative estimate of drug-likeness (QED) is 0.585. The molecule has 0 saturated carbocycles. The van der Waals surface area contributed by atoms with Crippen molar-refractivity contribution in [3.05, 3.63) is 22.4 Å². The number of halogens is 1. The van der Waals surface area contributed by atoms with E-state index in [4.69, 9.17) is 16.8 Å². The molecule has 1 heterocycles. The lowest BCUT2D eigenvalue weighted by Crippen LogP contribution is -2.21. The van der Waals surface area contributed by atoms with E-state index in [1.807, 2.05) is 13.8 Å². The molecule has 0 saturated heterocycles. The highest BCUT2D eigenvalue weighted by molar-refractivity contribution is 6.32. The Kier molecular flexibility index (Phi) is 2.02. The number of hydrogen-bond acceptors (Lipinski definition) is 2. The second kappa shape index (κ2) is 2.64. The summed E-state index contributed by atoms with van der Waals surface area (Å²) in [4.78, 5) is 0. The summed E-state index contributed by atoms with van der Waals surface area (Å²) in [6, 6.07) is 0. The second-order valence-corrected chi connectivity index (χ2v) is 2.75. The van der Waals surface area contributed by atoms with Gasteiger partial charge in [0.25, 0.3) is 0 Å². The van der Waals surface area contributed by atoms with Gasteiger partial charge in [-0.2, -0.15) is 0 Å². The molecule has 0 bridgehead atoms. The molecule has 1 aliphatic heterocycles. The highest BCUT2D eigenvalue weighted by atomic mass is 35.5. The van der Waals surface area contributed by atoms with E-state index in [1.54, 1.807) is 6.08 Å². The van der Waals surface area contributed by atoms with Crippen molar-refractivity contribution in [2.24, 2.45) is 0 Å². The Morgan fingerprint density at radius 3 is 2.70 bits per heavy atom. The molecule has 56 valence electrons. The van der Waals surface area contributed by atoms with Crippen LogP contribution in [0.1, 0.15) is 13.8 Å². The summed E-state index contributed by atoms with van der Waals surface area (Å²) in [6.45, 7) is 4.21. The van der Waals surface area contributed by atoms with E-state index in [-0.39, 0.29) is 0 Å². The fourth-order valence-electron chi connectivity index (χ4n) is 0.823. The van der Waals surface area contributed by atoms with Gasteiger partial charge in [0.15, 0.2) is 0 Å². The van der Waals surface area contributed by atoms with Gasteiger partial charge in [0.1, 0.15) is 0 Å². The minimum absolute atomic E-state index is 0.488. The first-order chi connectivity index (χ1) is 4.63. The summed E-state index contributed by atoms with van der Waals surface area (Å²) in [5, 5.41) is 11.1. The van der Waals surface area contributed by atoms with Gasteiger partial charge in [-0.05, 0) is 25.5 Å². The van der Waals surface area contributed by atoms with Crippen LogP contribution in [0, 0.1) is 0 Å². The van der Waals surface area contributed by atoms with Crippen LogP contribution in [0.4, 0.5) is 0 Å². The summed E-state index contributed by atoms with van der Waals surface area (Å²) in [5.74, 6) is 0. The van der Waals surface area contributed by atoms with Crippen molar-refractivity contribution >= 4 is 11.6 Å². The van der Waals surface area contributed by atoms with Gasteiger partial charge in [-0.1, -0.05) is 11.6 Å².